The Labute approximate surface area is 115 Å². The molecule has 5 nitrogen and oxygen atoms in total. The van der Waals surface area contributed by atoms with Crippen LogP contribution in [0.1, 0.15) is 57.8 Å². The fraction of sp³-hybridized carbons (Fsp3) is 0.929. The zero-order valence-electron chi connectivity index (χ0n) is 11.6. The van der Waals surface area contributed by atoms with Crippen molar-refractivity contribution in [2.45, 2.75) is 81.8 Å². The molecule has 4 N–H and O–H groups in total. The van der Waals surface area contributed by atoms with E-state index in [1.54, 1.807) is 0 Å². The topological polar surface area (TPSA) is 65.7 Å². The lowest BCUT2D eigenvalue weighted by molar-refractivity contribution is -0.0217. The van der Waals surface area contributed by atoms with Crippen LogP contribution in [0.15, 0.2) is 4.99 Å². The molecule has 0 aromatic rings. The number of guanidine groups is 1. The molecule has 4 rings (SSSR count). The second kappa shape index (κ2) is 4.35. The van der Waals surface area contributed by atoms with Crippen molar-refractivity contribution in [3.8, 4) is 0 Å². The number of aliphatic imine (C=N–C) groups is 1. The Morgan fingerprint density at radius 2 is 1.89 bits per heavy atom. The molecular formula is C14H25N5. The minimum atomic E-state index is 0.0819. The minimum absolute atomic E-state index is 0.0819. The van der Waals surface area contributed by atoms with Gasteiger partial charge >= 0.3 is 0 Å². The highest BCUT2D eigenvalue weighted by Gasteiger charge is 2.54. The first-order valence-corrected chi connectivity index (χ1v) is 7.94. The highest BCUT2D eigenvalue weighted by molar-refractivity contribution is 5.79. The third kappa shape index (κ3) is 1.78. The van der Waals surface area contributed by atoms with Crippen molar-refractivity contribution >= 4 is 5.96 Å². The first kappa shape index (κ1) is 12.0. The predicted molar refractivity (Wildman–Crippen MR) is 75.4 cm³/mol. The molecule has 2 aliphatic carbocycles. The maximum Gasteiger partial charge on any atom is 0.192 e. The molecule has 4 aliphatic rings. The summed E-state index contributed by atoms with van der Waals surface area (Å²) in [5.74, 6) is 0.634. The van der Waals surface area contributed by atoms with E-state index in [9.17, 15) is 0 Å². The van der Waals surface area contributed by atoms with Crippen molar-refractivity contribution < 1.29 is 0 Å². The van der Waals surface area contributed by atoms with E-state index in [1.807, 2.05) is 0 Å². The van der Waals surface area contributed by atoms with E-state index >= 15 is 0 Å². The summed E-state index contributed by atoms with van der Waals surface area (Å²) < 4.78 is 0. The van der Waals surface area contributed by atoms with Gasteiger partial charge in [0, 0.05) is 12.1 Å². The van der Waals surface area contributed by atoms with E-state index in [4.69, 9.17) is 5.73 Å². The van der Waals surface area contributed by atoms with E-state index in [0.717, 1.165) is 0 Å². The van der Waals surface area contributed by atoms with Crippen molar-refractivity contribution in [2.75, 3.05) is 0 Å². The average Bonchev–Trinajstić information content (AvgIpc) is 2.78. The van der Waals surface area contributed by atoms with E-state index in [1.165, 1.54) is 57.8 Å². The Bertz CT molecular complexity index is 387. The van der Waals surface area contributed by atoms with Gasteiger partial charge in [-0.3, -0.25) is 5.32 Å². The molecule has 2 heterocycles. The van der Waals surface area contributed by atoms with Crippen LogP contribution in [0.25, 0.3) is 0 Å². The van der Waals surface area contributed by atoms with Gasteiger partial charge in [0.25, 0.3) is 0 Å². The lowest BCUT2D eigenvalue weighted by Crippen LogP contribution is -2.69. The first-order valence-electron chi connectivity index (χ1n) is 7.94. The number of nitrogens with two attached hydrogens (primary N) is 1. The maximum absolute atomic E-state index is 6.06. The van der Waals surface area contributed by atoms with Gasteiger partial charge in [-0.2, -0.15) is 0 Å². The molecule has 5 heteroatoms. The summed E-state index contributed by atoms with van der Waals surface area (Å²) in [6, 6.07) is 1.27. The summed E-state index contributed by atoms with van der Waals surface area (Å²) in [5.41, 5.74) is 6.14. The Morgan fingerprint density at radius 1 is 1.11 bits per heavy atom. The molecule has 0 radical (unpaired) electrons. The third-order valence-electron chi connectivity index (χ3n) is 5.51. The van der Waals surface area contributed by atoms with Gasteiger partial charge in [0.05, 0.1) is 5.66 Å². The van der Waals surface area contributed by atoms with Crippen molar-refractivity contribution in [3.63, 3.8) is 0 Å². The molecule has 0 bridgehead atoms. The third-order valence-corrected chi connectivity index (χ3v) is 5.51. The fourth-order valence-corrected chi connectivity index (χ4v) is 4.73. The van der Waals surface area contributed by atoms with Crippen molar-refractivity contribution in [3.05, 3.63) is 0 Å². The minimum Gasteiger partial charge on any atom is -0.370 e. The Balaban J connectivity index is 1.69. The van der Waals surface area contributed by atoms with E-state index < -0.39 is 0 Å². The van der Waals surface area contributed by atoms with Crippen LogP contribution in [0.2, 0.25) is 0 Å². The number of fused-ring (bicyclic) bond motifs is 4. The van der Waals surface area contributed by atoms with Crippen LogP contribution < -0.4 is 16.4 Å². The number of hydrogen-bond donors (Lipinski definition) is 3. The molecule has 19 heavy (non-hydrogen) atoms. The summed E-state index contributed by atoms with van der Waals surface area (Å²) in [4.78, 5) is 7.26. The SMILES string of the molecule is NC1=NC2NC3CCCCC3N2C2(CCCCC2)N1. The highest BCUT2D eigenvalue weighted by Crippen LogP contribution is 2.42. The molecule has 0 aromatic carbocycles. The smallest absolute Gasteiger partial charge is 0.192 e. The molecule has 1 saturated heterocycles. The van der Waals surface area contributed by atoms with Crippen molar-refractivity contribution in [1.29, 1.82) is 0 Å². The largest absolute Gasteiger partial charge is 0.370 e. The van der Waals surface area contributed by atoms with E-state index in [-0.39, 0.29) is 12.0 Å². The molecule has 1 spiro atoms. The molecule has 0 aromatic heterocycles. The van der Waals surface area contributed by atoms with Crippen LogP contribution in [-0.2, 0) is 0 Å². The van der Waals surface area contributed by atoms with Gasteiger partial charge in [0.2, 0.25) is 0 Å². The summed E-state index contributed by atoms with van der Waals surface area (Å²) in [6.07, 6.45) is 11.8. The Morgan fingerprint density at radius 3 is 2.74 bits per heavy atom. The average molecular weight is 263 g/mol. The lowest BCUT2D eigenvalue weighted by Gasteiger charge is -2.52. The number of rotatable bonds is 0. The van der Waals surface area contributed by atoms with Crippen LogP contribution in [-0.4, -0.2) is 34.9 Å². The molecule has 3 unspecified atom stereocenters. The number of hydrogen-bond acceptors (Lipinski definition) is 5. The fourth-order valence-electron chi connectivity index (χ4n) is 4.73. The van der Waals surface area contributed by atoms with Crippen LogP contribution in [0.5, 0.6) is 0 Å². The quantitative estimate of drug-likeness (QED) is 0.611. The van der Waals surface area contributed by atoms with E-state index in [2.05, 4.69) is 20.5 Å². The Hall–Kier alpha value is -0.810. The lowest BCUT2D eigenvalue weighted by atomic mass is 9.83. The summed E-state index contributed by atoms with van der Waals surface area (Å²) in [7, 11) is 0. The van der Waals surface area contributed by atoms with Gasteiger partial charge in [-0.05, 0) is 38.5 Å². The van der Waals surface area contributed by atoms with Crippen LogP contribution in [0.4, 0.5) is 0 Å². The normalized spacial score (nSPS) is 41.3. The van der Waals surface area contributed by atoms with Gasteiger partial charge in [0.1, 0.15) is 0 Å². The van der Waals surface area contributed by atoms with Crippen LogP contribution in [0, 0.1) is 0 Å². The van der Waals surface area contributed by atoms with Gasteiger partial charge in [0.15, 0.2) is 12.2 Å². The first-order chi connectivity index (χ1) is 9.28. The van der Waals surface area contributed by atoms with Gasteiger partial charge in [-0.1, -0.05) is 19.3 Å². The van der Waals surface area contributed by atoms with Gasteiger partial charge < -0.3 is 11.1 Å². The molecule has 2 saturated carbocycles. The molecule has 3 fully saturated rings. The number of nitrogens with one attached hydrogen (secondary N) is 2. The second-order valence-corrected chi connectivity index (χ2v) is 6.64. The molecule has 106 valence electrons. The zero-order valence-corrected chi connectivity index (χ0v) is 11.6. The maximum atomic E-state index is 6.06. The zero-order chi connectivity index (χ0) is 12.9. The number of nitrogens with zero attached hydrogens (tertiary/aromatic N) is 2. The summed E-state index contributed by atoms with van der Waals surface area (Å²) in [6.45, 7) is 0. The monoisotopic (exact) mass is 263 g/mol. The summed E-state index contributed by atoms with van der Waals surface area (Å²) >= 11 is 0. The van der Waals surface area contributed by atoms with Crippen LogP contribution >= 0.6 is 0 Å². The standard InChI is InChI=1S/C14H25N5/c15-12-17-13-16-10-6-2-3-7-11(10)19(13)14(18-12)8-4-1-5-9-14/h10-11,13,16H,1-9H2,(H3,15,17,18). The Kier molecular flexibility index (Phi) is 2.74. The summed E-state index contributed by atoms with van der Waals surface area (Å²) in [5, 5.41) is 7.27. The van der Waals surface area contributed by atoms with Crippen molar-refractivity contribution in [2.24, 2.45) is 10.7 Å². The molecule has 3 atom stereocenters. The van der Waals surface area contributed by atoms with Gasteiger partial charge in [-0.25, -0.2) is 9.89 Å². The predicted octanol–water partition coefficient (Wildman–Crippen LogP) is 1.06. The van der Waals surface area contributed by atoms with Gasteiger partial charge in [-0.15, -0.1) is 0 Å². The second-order valence-electron chi connectivity index (χ2n) is 6.64. The van der Waals surface area contributed by atoms with Crippen molar-refractivity contribution in [1.82, 2.24) is 15.5 Å². The molecule has 0 amide bonds. The highest BCUT2D eigenvalue weighted by atomic mass is 15.6. The van der Waals surface area contributed by atoms with Crippen LogP contribution in [0.3, 0.4) is 0 Å². The molecular weight excluding hydrogens is 238 g/mol. The van der Waals surface area contributed by atoms with E-state index in [0.29, 0.717) is 18.0 Å². The molecule has 2 aliphatic heterocycles.